The van der Waals surface area contributed by atoms with Crippen molar-refractivity contribution in [1.29, 1.82) is 0 Å². The van der Waals surface area contributed by atoms with Crippen LogP contribution in [0.1, 0.15) is 18.4 Å². The van der Waals surface area contributed by atoms with Gasteiger partial charge in [-0.25, -0.2) is 0 Å². The molecule has 1 aromatic carbocycles. The number of fused-ring (bicyclic) bond motifs is 1. The highest BCUT2D eigenvalue weighted by atomic mass is 35.5. The van der Waals surface area contributed by atoms with Crippen LogP contribution in [0, 0.1) is 23.7 Å². The molecule has 0 radical (unpaired) electrons. The Morgan fingerprint density at radius 1 is 1.05 bits per heavy atom. The van der Waals surface area contributed by atoms with Gasteiger partial charge in [0.25, 0.3) is 11.8 Å². The summed E-state index contributed by atoms with van der Waals surface area (Å²) in [5.74, 6) is -0.409. The fourth-order valence-electron chi connectivity index (χ4n) is 3.87. The molecular weight excluding hydrogens is 300 g/mol. The van der Waals surface area contributed by atoms with Crippen molar-refractivity contribution in [3.63, 3.8) is 0 Å². The van der Waals surface area contributed by atoms with Crippen molar-refractivity contribution in [2.24, 2.45) is 28.8 Å². The van der Waals surface area contributed by atoms with Gasteiger partial charge in [0.15, 0.2) is 0 Å². The van der Waals surface area contributed by atoms with Crippen LogP contribution in [0.5, 0.6) is 0 Å². The molecule has 0 N–H and O–H groups in total. The quantitative estimate of drug-likeness (QED) is 0.479. The number of carbonyl (C=O) groups excluding carboxylic acids is 2. The Balaban J connectivity index is 1.63. The maximum Gasteiger partial charge on any atom is 0.254 e. The van der Waals surface area contributed by atoms with Crippen molar-refractivity contribution in [1.82, 2.24) is 5.01 Å². The fourth-order valence-corrected chi connectivity index (χ4v) is 4.06. The van der Waals surface area contributed by atoms with Gasteiger partial charge in [-0.15, -0.1) is 0 Å². The van der Waals surface area contributed by atoms with Crippen LogP contribution in [0.3, 0.4) is 0 Å². The molecule has 5 rings (SSSR count). The minimum Gasteiger partial charge on any atom is -0.272 e. The number of hydrogen-bond donors (Lipinski definition) is 0. The second-order valence-electron chi connectivity index (χ2n) is 6.10. The van der Waals surface area contributed by atoms with Gasteiger partial charge in [0.2, 0.25) is 0 Å². The third-order valence-corrected chi connectivity index (χ3v) is 5.30. The summed E-state index contributed by atoms with van der Waals surface area (Å²) in [5, 5.41) is 5.73. The van der Waals surface area contributed by atoms with Crippen LogP contribution < -0.4 is 0 Å². The van der Waals surface area contributed by atoms with Gasteiger partial charge in [0, 0.05) is 10.6 Å². The average Bonchev–Trinajstić information content (AvgIpc) is 2.82. The Bertz CT molecular complexity index is 680. The molecule has 112 valence electrons. The molecule has 5 heteroatoms. The van der Waals surface area contributed by atoms with E-state index in [-0.39, 0.29) is 35.5 Å². The summed E-state index contributed by atoms with van der Waals surface area (Å²) in [6.45, 7) is 0. The Kier molecular flexibility index (Phi) is 3.15. The number of rotatable bonds is 2. The lowest BCUT2D eigenvalue weighted by molar-refractivity contribution is -0.140. The number of benzene rings is 1. The molecule has 0 unspecified atom stereocenters. The fraction of sp³-hybridized carbons (Fsp3) is 0.353. The molecule has 1 aliphatic heterocycles. The Morgan fingerprint density at radius 2 is 1.64 bits per heavy atom. The molecule has 1 saturated carbocycles. The summed E-state index contributed by atoms with van der Waals surface area (Å²) in [6, 6.07) is 7.21. The number of nitrogens with zero attached hydrogens (tertiary/aromatic N) is 2. The molecule has 4 aliphatic rings. The zero-order valence-corrected chi connectivity index (χ0v) is 12.6. The summed E-state index contributed by atoms with van der Waals surface area (Å²) in [5.41, 5.74) is 0.695. The molecule has 4 nitrogen and oxygen atoms in total. The Labute approximate surface area is 133 Å². The number of imide groups is 1. The minimum absolute atomic E-state index is 0.169. The summed E-state index contributed by atoms with van der Waals surface area (Å²) >= 11 is 6.07. The number of allylic oxidation sites excluding steroid dienone is 2. The molecule has 22 heavy (non-hydrogen) atoms. The van der Waals surface area contributed by atoms with Gasteiger partial charge < -0.3 is 0 Å². The van der Waals surface area contributed by atoms with Crippen molar-refractivity contribution >= 4 is 29.6 Å². The first-order valence-electron chi connectivity index (χ1n) is 7.51. The molecule has 1 heterocycles. The molecular formula is C17H15ClN2O2. The Hall–Kier alpha value is -1.94. The number of halogens is 1. The zero-order chi connectivity index (χ0) is 15.3. The van der Waals surface area contributed by atoms with E-state index < -0.39 is 0 Å². The van der Waals surface area contributed by atoms with E-state index in [1.165, 1.54) is 6.21 Å². The molecule has 2 amide bonds. The standard InChI is InChI=1S/C17H15ClN2O2/c18-13-4-2-1-3-12(13)9-19-20-16(21)14-10-5-6-11(8-7-10)15(14)17(20)22/h1-6,9-11,14-15H,7-8H2/b19-9-/t10-,11-,14-,15-/m0/s1. The molecule has 4 atom stereocenters. The van der Waals surface area contributed by atoms with E-state index in [0.29, 0.717) is 10.6 Å². The molecule has 0 spiro atoms. The van der Waals surface area contributed by atoms with E-state index in [9.17, 15) is 9.59 Å². The normalized spacial score (nSPS) is 33.0. The molecule has 3 aliphatic carbocycles. The van der Waals surface area contributed by atoms with E-state index in [4.69, 9.17) is 11.6 Å². The summed E-state index contributed by atoms with van der Waals surface area (Å²) in [4.78, 5) is 25.1. The maximum absolute atomic E-state index is 12.6. The van der Waals surface area contributed by atoms with Gasteiger partial charge in [-0.1, -0.05) is 42.0 Å². The second kappa shape index (κ2) is 5.06. The highest BCUT2D eigenvalue weighted by Gasteiger charge is 2.56. The van der Waals surface area contributed by atoms with Gasteiger partial charge in [-0.3, -0.25) is 9.59 Å². The predicted molar refractivity (Wildman–Crippen MR) is 83.2 cm³/mol. The van der Waals surface area contributed by atoms with E-state index >= 15 is 0 Å². The van der Waals surface area contributed by atoms with Gasteiger partial charge in [0.1, 0.15) is 0 Å². The first-order chi connectivity index (χ1) is 10.7. The monoisotopic (exact) mass is 314 g/mol. The van der Waals surface area contributed by atoms with E-state index in [1.54, 1.807) is 12.1 Å². The molecule has 1 aromatic rings. The van der Waals surface area contributed by atoms with Crippen LogP contribution in [-0.4, -0.2) is 23.0 Å². The molecule has 2 fully saturated rings. The van der Waals surface area contributed by atoms with E-state index in [1.807, 2.05) is 12.1 Å². The molecule has 0 aromatic heterocycles. The largest absolute Gasteiger partial charge is 0.272 e. The number of amides is 2. The van der Waals surface area contributed by atoms with Crippen LogP contribution in [0.15, 0.2) is 41.5 Å². The lowest BCUT2D eigenvalue weighted by Gasteiger charge is -2.37. The molecule has 2 bridgehead atoms. The van der Waals surface area contributed by atoms with Crippen LogP contribution >= 0.6 is 11.6 Å². The minimum atomic E-state index is -0.223. The number of carbonyl (C=O) groups is 2. The highest BCUT2D eigenvalue weighted by molar-refractivity contribution is 6.33. The smallest absolute Gasteiger partial charge is 0.254 e. The first-order valence-corrected chi connectivity index (χ1v) is 7.89. The van der Waals surface area contributed by atoms with Gasteiger partial charge in [0.05, 0.1) is 18.1 Å². The van der Waals surface area contributed by atoms with Gasteiger partial charge in [-0.05, 0) is 30.7 Å². The highest BCUT2D eigenvalue weighted by Crippen LogP contribution is 2.49. The third kappa shape index (κ3) is 1.94. The number of hydrogen-bond acceptors (Lipinski definition) is 3. The second-order valence-corrected chi connectivity index (χ2v) is 6.50. The molecule has 1 saturated heterocycles. The SMILES string of the molecule is O=C1[C@@H]2[C@@H](C(=O)N1/N=C\c1ccccc1Cl)[C@H]1C=C[C@H]2CC1. The van der Waals surface area contributed by atoms with E-state index in [0.717, 1.165) is 17.9 Å². The lowest BCUT2D eigenvalue weighted by atomic mass is 9.63. The average molecular weight is 315 g/mol. The van der Waals surface area contributed by atoms with Crippen LogP contribution in [0.25, 0.3) is 0 Å². The maximum atomic E-state index is 12.6. The van der Waals surface area contributed by atoms with Crippen molar-refractivity contribution in [3.8, 4) is 0 Å². The van der Waals surface area contributed by atoms with Crippen LogP contribution in [0.2, 0.25) is 5.02 Å². The van der Waals surface area contributed by atoms with Crippen LogP contribution in [0.4, 0.5) is 0 Å². The van der Waals surface area contributed by atoms with Gasteiger partial charge >= 0.3 is 0 Å². The third-order valence-electron chi connectivity index (χ3n) is 4.95. The Morgan fingerprint density at radius 3 is 2.18 bits per heavy atom. The van der Waals surface area contributed by atoms with E-state index in [2.05, 4.69) is 17.3 Å². The van der Waals surface area contributed by atoms with Crippen molar-refractivity contribution in [3.05, 3.63) is 47.0 Å². The lowest BCUT2D eigenvalue weighted by Crippen LogP contribution is -2.38. The van der Waals surface area contributed by atoms with Crippen LogP contribution in [-0.2, 0) is 9.59 Å². The van der Waals surface area contributed by atoms with Crippen molar-refractivity contribution < 1.29 is 9.59 Å². The van der Waals surface area contributed by atoms with Gasteiger partial charge in [-0.2, -0.15) is 10.1 Å². The van der Waals surface area contributed by atoms with Crippen molar-refractivity contribution in [2.75, 3.05) is 0 Å². The topological polar surface area (TPSA) is 49.7 Å². The van der Waals surface area contributed by atoms with Crippen molar-refractivity contribution in [2.45, 2.75) is 12.8 Å². The predicted octanol–water partition coefficient (Wildman–Crippen LogP) is 2.87. The summed E-state index contributed by atoms with van der Waals surface area (Å²) in [7, 11) is 0. The zero-order valence-electron chi connectivity index (χ0n) is 11.9. The summed E-state index contributed by atoms with van der Waals surface area (Å²) in [6.07, 6.45) is 7.67. The summed E-state index contributed by atoms with van der Waals surface area (Å²) < 4.78 is 0. The number of hydrazone groups is 1. The first kappa shape index (κ1) is 13.7.